The molecular formula is C24H28N2O4S2. The van der Waals surface area contributed by atoms with Crippen LogP contribution in [0.4, 0.5) is 0 Å². The topological polar surface area (TPSA) is 78.3 Å². The van der Waals surface area contributed by atoms with Crippen molar-refractivity contribution in [3.63, 3.8) is 0 Å². The summed E-state index contributed by atoms with van der Waals surface area (Å²) in [6, 6.07) is 15.4. The number of carbonyl (C=O) groups is 1. The molecule has 0 saturated heterocycles. The Hall–Kier alpha value is -2.58. The Morgan fingerprint density at radius 2 is 1.69 bits per heavy atom. The van der Waals surface area contributed by atoms with E-state index in [4.69, 9.17) is 4.74 Å². The normalized spacial score (nSPS) is 11.5. The maximum atomic E-state index is 12.5. The molecule has 0 spiro atoms. The predicted molar refractivity (Wildman–Crippen MR) is 129 cm³/mol. The lowest BCUT2D eigenvalue weighted by Crippen LogP contribution is -2.15. The minimum Gasteiger partial charge on any atom is -0.453 e. The highest BCUT2D eigenvalue weighted by atomic mass is 32.2. The summed E-state index contributed by atoms with van der Waals surface area (Å²) >= 11 is 1.44. The van der Waals surface area contributed by atoms with Crippen LogP contribution in [0.1, 0.15) is 25.1 Å². The van der Waals surface area contributed by atoms with E-state index in [1.54, 1.807) is 17.7 Å². The number of esters is 1. The maximum Gasteiger partial charge on any atom is 0.328 e. The third-order valence-corrected chi connectivity index (χ3v) is 7.36. The zero-order valence-electron chi connectivity index (χ0n) is 18.8. The molecule has 0 fully saturated rings. The Labute approximate surface area is 193 Å². The van der Waals surface area contributed by atoms with Crippen LogP contribution in [0.25, 0.3) is 22.4 Å². The summed E-state index contributed by atoms with van der Waals surface area (Å²) in [6.07, 6.45) is 2.53. The fourth-order valence-electron chi connectivity index (χ4n) is 3.50. The number of benzene rings is 2. The van der Waals surface area contributed by atoms with Crippen LogP contribution < -0.4 is 0 Å². The van der Waals surface area contributed by atoms with E-state index in [0.29, 0.717) is 17.3 Å². The standard InChI is InChI=1S/C24H28N2O4S2/c1-5-18-7-12-21(14-23(18)32(28,29)6-2)19-8-10-20(11-9-19)22-13-17(3)25-26(22)15-24(27)30-16-31-4/h7-14H,5-6,15-16H2,1-4H3. The molecule has 0 N–H and O–H groups in total. The molecule has 1 heterocycles. The van der Waals surface area contributed by atoms with Gasteiger partial charge in [-0.15, -0.1) is 11.8 Å². The lowest BCUT2D eigenvalue weighted by molar-refractivity contribution is -0.142. The average molecular weight is 473 g/mol. The molecule has 0 radical (unpaired) electrons. The molecule has 0 aliphatic rings. The monoisotopic (exact) mass is 472 g/mol. The van der Waals surface area contributed by atoms with Crippen LogP contribution in [0.15, 0.2) is 53.4 Å². The molecule has 8 heteroatoms. The van der Waals surface area contributed by atoms with Gasteiger partial charge in [-0.3, -0.25) is 9.48 Å². The van der Waals surface area contributed by atoms with Gasteiger partial charge in [-0.05, 0) is 54.0 Å². The smallest absolute Gasteiger partial charge is 0.328 e. The molecule has 0 unspecified atom stereocenters. The van der Waals surface area contributed by atoms with Crippen LogP contribution in [0.3, 0.4) is 0 Å². The molecule has 0 amide bonds. The Kier molecular flexibility index (Phi) is 7.79. The van der Waals surface area contributed by atoms with Gasteiger partial charge in [-0.1, -0.05) is 50.2 Å². The van der Waals surface area contributed by atoms with Crippen molar-refractivity contribution in [1.29, 1.82) is 0 Å². The summed E-state index contributed by atoms with van der Waals surface area (Å²) in [5.41, 5.74) is 5.16. The number of aryl methyl sites for hydroxylation is 2. The fraction of sp³-hybridized carbons (Fsp3) is 0.333. The van der Waals surface area contributed by atoms with Gasteiger partial charge in [0.25, 0.3) is 0 Å². The number of rotatable bonds is 9. The molecule has 170 valence electrons. The molecular weight excluding hydrogens is 444 g/mol. The van der Waals surface area contributed by atoms with Gasteiger partial charge in [0.05, 0.1) is 22.0 Å². The molecule has 2 aromatic carbocycles. The number of sulfone groups is 1. The second kappa shape index (κ2) is 10.4. The molecule has 3 aromatic rings. The van der Waals surface area contributed by atoms with E-state index in [2.05, 4.69) is 5.10 Å². The van der Waals surface area contributed by atoms with E-state index in [-0.39, 0.29) is 18.3 Å². The Balaban J connectivity index is 1.91. The first-order valence-electron chi connectivity index (χ1n) is 10.4. The number of aromatic nitrogens is 2. The van der Waals surface area contributed by atoms with E-state index < -0.39 is 9.84 Å². The number of nitrogens with zero attached hydrogens (tertiary/aromatic N) is 2. The zero-order chi connectivity index (χ0) is 23.3. The lowest BCUT2D eigenvalue weighted by Gasteiger charge is -2.12. The van der Waals surface area contributed by atoms with Crippen LogP contribution in [0.2, 0.25) is 0 Å². The van der Waals surface area contributed by atoms with Gasteiger partial charge in [0, 0.05) is 0 Å². The van der Waals surface area contributed by atoms with Crippen molar-refractivity contribution in [1.82, 2.24) is 9.78 Å². The highest BCUT2D eigenvalue weighted by Crippen LogP contribution is 2.29. The average Bonchev–Trinajstić information content (AvgIpc) is 3.17. The first-order chi connectivity index (χ1) is 15.3. The quantitative estimate of drug-likeness (QED) is 0.330. The van der Waals surface area contributed by atoms with E-state index in [0.717, 1.165) is 33.6 Å². The van der Waals surface area contributed by atoms with Crippen molar-refractivity contribution in [3.05, 3.63) is 59.8 Å². The number of hydrogen-bond donors (Lipinski definition) is 0. The van der Waals surface area contributed by atoms with E-state index in [1.807, 2.05) is 62.6 Å². The number of carbonyl (C=O) groups excluding carboxylic acids is 1. The summed E-state index contributed by atoms with van der Waals surface area (Å²) in [5, 5.41) is 4.43. The van der Waals surface area contributed by atoms with Crippen molar-refractivity contribution in [2.24, 2.45) is 0 Å². The number of hydrogen-bond acceptors (Lipinski definition) is 6. The SMILES string of the molecule is CCc1ccc(-c2ccc(-c3cc(C)nn3CC(=O)OCSC)cc2)cc1S(=O)(=O)CC. The van der Waals surface area contributed by atoms with Crippen LogP contribution in [0, 0.1) is 6.92 Å². The van der Waals surface area contributed by atoms with E-state index in [9.17, 15) is 13.2 Å². The maximum absolute atomic E-state index is 12.5. The van der Waals surface area contributed by atoms with Crippen molar-refractivity contribution < 1.29 is 17.9 Å². The van der Waals surface area contributed by atoms with Crippen molar-refractivity contribution in [2.75, 3.05) is 17.9 Å². The largest absolute Gasteiger partial charge is 0.453 e. The summed E-state index contributed by atoms with van der Waals surface area (Å²) in [6.45, 7) is 5.55. The summed E-state index contributed by atoms with van der Waals surface area (Å²) in [4.78, 5) is 12.5. The first kappa shape index (κ1) is 24.1. The molecule has 0 atom stereocenters. The third-order valence-electron chi connectivity index (χ3n) is 5.20. The van der Waals surface area contributed by atoms with Gasteiger partial charge < -0.3 is 4.74 Å². The van der Waals surface area contributed by atoms with Crippen LogP contribution in [0.5, 0.6) is 0 Å². The predicted octanol–water partition coefficient (Wildman–Crippen LogP) is 4.75. The second-order valence-corrected chi connectivity index (χ2v) is 10.5. The van der Waals surface area contributed by atoms with Crippen molar-refractivity contribution in [2.45, 2.75) is 38.6 Å². The first-order valence-corrected chi connectivity index (χ1v) is 13.5. The minimum atomic E-state index is -3.30. The Morgan fingerprint density at radius 3 is 2.31 bits per heavy atom. The molecule has 0 saturated carbocycles. The zero-order valence-corrected chi connectivity index (χ0v) is 20.4. The molecule has 1 aromatic heterocycles. The van der Waals surface area contributed by atoms with Crippen LogP contribution >= 0.6 is 11.8 Å². The minimum absolute atomic E-state index is 0.0439. The highest BCUT2D eigenvalue weighted by Gasteiger charge is 2.17. The van der Waals surface area contributed by atoms with Gasteiger partial charge in [0.2, 0.25) is 0 Å². The van der Waals surface area contributed by atoms with Crippen molar-refractivity contribution in [3.8, 4) is 22.4 Å². The molecule has 0 aliphatic carbocycles. The van der Waals surface area contributed by atoms with Gasteiger partial charge in [-0.25, -0.2) is 8.42 Å². The number of ether oxygens (including phenoxy) is 1. The second-order valence-electron chi connectivity index (χ2n) is 7.41. The molecule has 3 rings (SSSR count). The van der Waals surface area contributed by atoms with E-state index in [1.165, 1.54) is 11.8 Å². The van der Waals surface area contributed by atoms with Crippen molar-refractivity contribution >= 4 is 27.6 Å². The van der Waals surface area contributed by atoms with Gasteiger partial charge in [-0.2, -0.15) is 5.10 Å². The fourth-order valence-corrected chi connectivity index (χ4v) is 4.97. The van der Waals surface area contributed by atoms with Gasteiger partial charge in [0.1, 0.15) is 12.5 Å². The molecule has 6 nitrogen and oxygen atoms in total. The summed E-state index contributed by atoms with van der Waals surface area (Å²) in [5.74, 6) is 0.0573. The molecule has 0 aliphatic heterocycles. The summed E-state index contributed by atoms with van der Waals surface area (Å²) in [7, 11) is -3.30. The molecule has 32 heavy (non-hydrogen) atoms. The van der Waals surface area contributed by atoms with Gasteiger partial charge in [0.15, 0.2) is 9.84 Å². The lowest BCUT2D eigenvalue weighted by atomic mass is 10.0. The van der Waals surface area contributed by atoms with Gasteiger partial charge >= 0.3 is 5.97 Å². The van der Waals surface area contributed by atoms with E-state index >= 15 is 0 Å². The molecule has 0 bridgehead atoms. The Morgan fingerprint density at radius 1 is 1.03 bits per heavy atom. The van der Waals surface area contributed by atoms with Crippen LogP contribution in [-0.4, -0.2) is 42.1 Å². The number of thioether (sulfide) groups is 1. The summed E-state index contributed by atoms with van der Waals surface area (Å²) < 4.78 is 31.9. The Bertz CT molecular complexity index is 1200. The highest BCUT2D eigenvalue weighted by molar-refractivity contribution is 7.98. The van der Waals surface area contributed by atoms with Crippen LogP contribution in [-0.2, 0) is 32.3 Å². The third kappa shape index (κ3) is 5.42.